The summed E-state index contributed by atoms with van der Waals surface area (Å²) in [6.45, 7) is 9.00. The van der Waals surface area contributed by atoms with Crippen LogP contribution in [0.4, 0.5) is 0 Å². The summed E-state index contributed by atoms with van der Waals surface area (Å²) in [4.78, 5) is 35.8. The number of hydrogen-bond donors (Lipinski definition) is 2. The molecule has 0 spiro atoms. The molecule has 0 unspecified atom stereocenters. The van der Waals surface area contributed by atoms with Gasteiger partial charge in [0.1, 0.15) is 0 Å². The van der Waals surface area contributed by atoms with Crippen LogP contribution in [0.1, 0.15) is 22.7 Å². The second kappa shape index (κ2) is 6.37. The minimum atomic E-state index is -3.97. The lowest BCUT2D eigenvalue weighted by Gasteiger charge is -2.09. The summed E-state index contributed by atoms with van der Waals surface area (Å²) in [7, 11) is -3.97. The van der Waals surface area contributed by atoms with Gasteiger partial charge in [0.2, 0.25) is 10.0 Å². The first-order valence-electron chi connectivity index (χ1n) is 8.34. The number of aryl methyl sites for hydroxylation is 1. The lowest BCUT2D eigenvalue weighted by Crippen LogP contribution is -2.36. The van der Waals surface area contributed by atoms with Gasteiger partial charge in [-0.1, -0.05) is 0 Å². The van der Waals surface area contributed by atoms with E-state index in [4.69, 9.17) is 6.57 Å². The average molecular weight is 417 g/mol. The van der Waals surface area contributed by atoms with E-state index in [1.54, 1.807) is 6.20 Å². The van der Waals surface area contributed by atoms with Crippen LogP contribution in [0, 0.1) is 13.5 Å². The maximum absolute atomic E-state index is 12.9. The normalized spacial score (nSPS) is 15.4. The van der Waals surface area contributed by atoms with Crippen LogP contribution in [0.3, 0.4) is 0 Å². The number of rotatable bonds is 5. The molecule has 0 atom stereocenters. The van der Waals surface area contributed by atoms with Crippen molar-refractivity contribution >= 4 is 32.3 Å². The summed E-state index contributed by atoms with van der Waals surface area (Å²) in [5.41, 5.74) is -2.00. The molecule has 1 saturated carbocycles. The second-order valence-corrected chi connectivity index (χ2v) is 9.63. The van der Waals surface area contributed by atoms with Gasteiger partial charge < -0.3 is 4.98 Å². The predicted molar refractivity (Wildman–Crippen MR) is 104 cm³/mol. The Hall–Kier alpha value is -2.81. The maximum atomic E-state index is 12.9. The highest BCUT2D eigenvalue weighted by molar-refractivity contribution is 7.89. The maximum Gasteiger partial charge on any atom is 0.329 e. The average Bonchev–Trinajstić information content (AvgIpc) is 3.29. The fraction of sp³-hybridized carbons (Fsp3) is 0.294. The van der Waals surface area contributed by atoms with Gasteiger partial charge in [-0.2, -0.15) is 0 Å². The van der Waals surface area contributed by atoms with Crippen LogP contribution in [0.5, 0.6) is 0 Å². The first-order valence-corrected chi connectivity index (χ1v) is 10.6. The predicted octanol–water partition coefficient (Wildman–Crippen LogP) is 1.19. The Bertz CT molecular complexity index is 1360. The minimum Gasteiger partial charge on any atom is -0.307 e. The van der Waals surface area contributed by atoms with Gasteiger partial charge in [-0.25, -0.2) is 24.8 Å². The lowest BCUT2D eigenvalue weighted by molar-refractivity contribution is 0.568. The van der Waals surface area contributed by atoms with Gasteiger partial charge in [0.25, 0.3) is 11.2 Å². The molecule has 2 N–H and O–H groups in total. The Morgan fingerprint density at radius 1 is 1.39 bits per heavy atom. The highest BCUT2D eigenvalue weighted by Crippen LogP contribution is 2.38. The molecule has 0 radical (unpaired) electrons. The first-order chi connectivity index (χ1) is 13.2. The monoisotopic (exact) mass is 417 g/mol. The molecule has 4 rings (SSSR count). The highest BCUT2D eigenvalue weighted by Gasteiger charge is 2.54. The van der Waals surface area contributed by atoms with Crippen molar-refractivity contribution in [2.75, 3.05) is 0 Å². The summed E-state index contributed by atoms with van der Waals surface area (Å²) in [6, 6.07) is 3.91. The van der Waals surface area contributed by atoms with E-state index < -0.39 is 26.9 Å². The number of aromatic nitrogens is 3. The topological polar surface area (TPSA) is 118 Å². The number of thiazole rings is 1. The first kappa shape index (κ1) is 18.5. The van der Waals surface area contributed by atoms with Crippen molar-refractivity contribution in [2.45, 2.75) is 36.9 Å². The van der Waals surface area contributed by atoms with Gasteiger partial charge in [-0.15, -0.1) is 16.1 Å². The van der Waals surface area contributed by atoms with Crippen LogP contribution >= 0.6 is 11.3 Å². The zero-order valence-electron chi connectivity index (χ0n) is 14.7. The van der Waals surface area contributed by atoms with E-state index >= 15 is 0 Å². The SMILES string of the molecule is [C-]#[N+]C1(NS(=O)(=O)c2ccc3[nH]c(=O)n(Cc4cnc(C)s4)c(=O)c3c2)CC1. The van der Waals surface area contributed by atoms with E-state index in [0.29, 0.717) is 12.8 Å². The third-order valence-electron chi connectivity index (χ3n) is 4.51. The summed E-state index contributed by atoms with van der Waals surface area (Å²) in [5, 5.41) is 0.893. The van der Waals surface area contributed by atoms with Gasteiger partial charge >= 0.3 is 5.69 Å². The van der Waals surface area contributed by atoms with Crippen molar-refractivity contribution in [3.05, 3.63) is 66.5 Å². The van der Waals surface area contributed by atoms with Crippen LogP contribution in [0.15, 0.2) is 38.9 Å². The van der Waals surface area contributed by atoms with Crippen LogP contribution in [-0.4, -0.2) is 28.6 Å². The number of hydrogen-bond acceptors (Lipinski definition) is 6. The lowest BCUT2D eigenvalue weighted by atomic mass is 10.2. The summed E-state index contributed by atoms with van der Waals surface area (Å²) in [6.07, 6.45) is 2.51. The van der Waals surface area contributed by atoms with Gasteiger partial charge in [0.05, 0.1) is 40.2 Å². The molecule has 28 heavy (non-hydrogen) atoms. The van der Waals surface area contributed by atoms with Crippen LogP contribution in [0.2, 0.25) is 0 Å². The van der Waals surface area contributed by atoms with Crippen molar-refractivity contribution in [1.29, 1.82) is 0 Å². The molecule has 2 heterocycles. The molecule has 1 aliphatic carbocycles. The zero-order chi connectivity index (χ0) is 20.1. The van der Waals surface area contributed by atoms with E-state index in [-0.39, 0.29) is 22.3 Å². The number of sulfonamides is 1. The van der Waals surface area contributed by atoms with Crippen LogP contribution < -0.4 is 16.0 Å². The molecule has 2 aromatic heterocycles. The summed E-state index contributed by atoms with van der Waals surface area (Å²) >= 11 is 1.37. The Morgan fingerprint density at radius 2 is 2.14 bits per heavy atom. The van der Waals surface area contributed by atoms with E-state index in [1.807, 2.05) is 6.92 Å². The molecule has 1 aromatic carbocycles. The Balaban J connectivity index is 1.79. The second-order valence-electron chi connectivity index (χ2n) is 6.62. The van der Waals surface area contributed by atoms with Gasteiger partial charge in [0.15, 0.2) is 0 Å². The molecule has 1 fully saturated rings. The third kappa shape index (κ3) is 3.26. The van der Waals surface area contributed by atoms with Gasteiger partial charge in [0, 0.05) is 11.1 Å². The number of H-pyrrole nitrogens is 1. The molecule has 1 aliphatic rings. The van der Waals surface area contributed by atoms with Gasteiger partial charge in [-0.3, -0.25) is 14.2 Å². The molecule has 3 aromatic rings. The van der Waals surface area contributed by atoms with Crippen molar-refractivity contribution in [1.82, 2.24) is 19.3 Å². The zero-order valence-corrected chi connectivity index (χ0v) is 16.4. The molecule has 0 bridgehead atoms. The van der Waals surface area contributed by atoms with E-state index in [9.17, 15) is 18.0 Å². The molecule has 0 saturated heterocycles. The smallest absolute Gasteiger partial charge is 0.307 e. The summed E-state index contributed by atoms with van der Waals surface area (Å²) < 4.78 is 28.6. The standard InChI is InChI=1S/C17H15N5O4S2/c1-10-19-8-11(27-10)9-22-15(23)13-7-12(3-4-14(13)20-16(22)24)28(25,26)21-17(18-2)5-6-17/h3-4,7-8,21H,5-6,9H2,1H3,(H,20,24). The molecule has 144 valence electrons. The van der Waals surface area contributed by atoms with Crippen molar-refractivity contribution in [3.8, 4) is 0 Å². The number of aromatic amines is 1. The van der Waals surface area contributed by atoms with E-state index in [0.717, 1.165) is 14.5 Å². The molecule has 9 nitrogen and oxygen atoms in total. The quantitative estimate of drug-likeness (QED) is 0.605. The minimum absolute atomic E-state index is 0.0473. The number of fused-ring (bicyclic) bond motifs is 1. The highest BCUT2D eigenvalue weighted by atomic mass is 32.2. The van der Waals surface area contributed by atoms with Crippen molar-refractivity contribution < 1.29 is 8.42 Å². The van der Waals surface area contributed by atoms with Crippen molar-refractivity contribution in [2.24, 2.45) is 0 Å². The van der Waals surface area contributed by atoms with Crippen LogP contribution in [0.25, 0.3) is 15.7 Å². The fourth-order valence-electron chi connectivity index (χ4n) is 2.84. The van der Waals surface area contributed by atoms with E-state index in [1.165, 1.54) is 29.5 Å². The number of nitrogens with one attached hydrogen (secondary N) is 2. The van der Waals surface area contributed by atoms with Crippen molar-refractivity contribution in [3.63, 3.8) is 0 Å². The fourth-order valence-corrected chi connectivity index (χ4v) is 5.01. The molecule has 0 aliphatic heterocycles. The molecular weight excluding hydrogens is 402 g/mol. The number of benzene rings is 1. The number of nitrogens with zero attached hydrogens (tertiary/aromatic N) is 3. The Labute approximate surface area is 163 Å². The van der Waals surface area contributed by atoms with Crippen LogP contribution in [-0.2, 0) is 16.6 Å². The van der Waals surface area contributed by atoms with E-state index in [2.05, 4.69) is 19.5 Å². The molecular formula is C17H15N5O4S2. The Kier molecular flexibility index (Phi) is 4.22. The third-order valence-corrected chi connectivity index (χ3v) is 6.93. The van der Waals surface area contributed by atoms with Gasteiger partial charge in [-0.05, 0) is 25.1 Å². The largest absolute Gasteiger partial charge is 0.329 e. The summed E-state index contributed by atoms with van der Waals surface area (Å²) in [5.74, 6) is 0. The molecule has 11 heteroatoms. The Morgan fingerprint density at radius 3 is 2.75 bits per heavy atom. The molecule has 0 amide bonds.